The summed E-state index contributed by atoms with van der Waals surface area (Å²) in [6.07, 6.45) is 0.303. The monoisotopic (exact) mass is 284 g/mol. The number of methoxy groups -OCH3 is 1. The molecule has 0 heterocycles. The molecule has 0 saturated heterocycles. The maximum atomic E-state index is 8.75. The number of benzene rings is 1. The quantitative estimate of drug-likeness (QED) is 0.840. The number of nitrogens with two attached hydrogens (primary N) is 1. The summed E-state index contributed by atoms with van der Waals surface area (Å²) in [4.78, 5) is 0. The Hall–Kier alpha value is -1.09. The second kappa shape index (κ2) is 6.48. The smallest absolute Gasteiger partial charge is 0.188 e. The van der Waals surface area contributed by atoms with Crippen molar-refractivity contribution >= 4 is 15.9 Å². The summed E-state index contributed by atoms with van der Waals surface area (Å²) in [6, 6.07) is 5.79. The Morgan fingerprint density at radius 3 is 2.81 bits per heavy atom. The van der Waals surface area contributed by atoms with Gasteiger partial charge in [0, 0.05) is 13.7 Å². The molecule has 0 aliphatic heterocycles. The highest BCUT2D eigenvalue weighted by molar-refractivity contribution is 9.10. The van der Waals surface area contributed by atoms with Crippen LogP contribution in [0.2, 0.25) is 0 Å². The van der Waals surface area contributed by atoms with Gasteiger partial charge in [-0.3, -0.25) is 0 Å². The molecule has 86 valence electrons. The van der Waals surface area contributed by atoms with E-state index in [1.807, 2.05) is 12.1 Å². The Kier molecular flexibility index (Phi) is 5.26. The molecule has 0 aliphatic carbocycles. The van der Waals surface area contributed by atoms with E-state index in [1.165, 1.54) is 0 Å². The van der Waals surface area contributed by atoms with Crippen LogP contribution in [0.4, 0.5) is 0 Å². The molecule has 0 aliphatic rings. The predicted octanol–water partition coefficient (Wildman–Crippen LogP) is 1.96. The fourth-order valence-corrected chi connectivity index (χ4v) is 1.98. The molecule has 5 heteroatoms. The van der Waals surface area contributed by atoms with Gasteiger partial charge < -0.3 is 15.2 Å². The lowest BCUT2D eigenvalue weighted by Gasteiger charge is -2.12. The van der Waals surface area contributed by atoms with E-state index >= 15 is 0 Å². The first kappa shape index (κ1) is 13.0. The maximum Gasteiger partial charge on any atom is 0.188 e. The summed E-state index contributed by atoms with van der Waals surface area (Å²) in [5.74, 6) is 0.657. The van der Waals surface area contributed by atoms with Gasteiger partial charge in [-0.2, -0.15) is 5.26 Å². The number of nitriles is 1. The zero-order valence-electron chi connectivity index (χ0n) is 9.00. The summed E-state index contributed by atoms with van der Waals surface area (Å²) in [6.45, 7) is 0.576. The van der Waals surface area contributed by atoms with Crippen LogP contribution in [0.1, 0.15) is 11.1 Å². The lowest BCUT2D eigenvalue weighted by molar-refractivity contribution is 0.0505. The molecule has 0 fully saturated rings. The fourth-order valence-electron chi connectivity index (χ4n) is 1.34. The minimum atomic E-state index is 0.173. The molecular formula is C11H13BrN2O2. The molecule has 0 aromatic heterocycles. The summed E-state index contributed by atoms with van der Waals surface area (Å²) >= 11 is 3.42. The van der Waals surface area contributed by atoms with Gasteiger partial charge in [-0.25, -0.2) is 0 Å². The normalized spacial score (nSPS) is 9.88. The second-order valence-corrected chi connectivity index (χ2v) is 3.90. The highest BCUT2D eigenvalue weighted by Gasteiger charge is 2.11. The Morgan fingerprint density at radius 2 is 2.25 bits per heavy atom. The number of rotatable bonds is 5. The zero-order chi connectivity index (χ0) is 12.0. The molecule has 4 nitrogen and oxygen atoms in total. The van der Waals surface area contributed by atoms with Crippen LogP contribution in [0.15, 0.2) is 16.6 Å². The Balaban J connectivity index is 3.06. The third-order valence-electron chi connectivity index (χ3n) is 2.11. The molecule has 0 bridgehead atoms. The minimum absolute atomic E-state index is 0.173. The van der Waals surface area contributed by atoms with Crippen molar-refractivity contribution in [1.29, 1.82) is 5.26 Å². The Bertz CT molecular complexity index is 402. The summed E-state index contributed by atoms with van der Waals surface area (Å²) in [5, 5.41) is 8.75. The van der Waals surface area contributed by atoms with E-state index in [4.69, 9.17) is 20.5 Å². The lowest BCUT2D eigenvalue weighted by atomic mass is 10.0. The van der Waals surface area contributed by atoms with Gasteiger partial charge in [0.2, 0.25) is 0 Å². The molecule has 0 unspecified atom stereocenters. The number of hydrogen-bond donors (Lipinski definition) is 1. The topological polar surface area (TPSA) is 68.3 Å². The maximum absolute atomic E-state index is 8.75. The molecule has 2 N–H and O–H groups in total. The molecule has 1 rings (SSSR count). The van der Waals surface area contributed by atoms with E-state index in [1.54, 1.807) is 7.11 Å². The van der Waals surface area contributed by atoms with Crippen LogP contribution >= 0.6 is 15.9 Å². The first-order valence-corrected chi connectivity index (χ1v) is 5.52. The predicted molar refractivity (Wildman–Crippen MR) is 63.9 cm³/mol. The highest BCUT2D eigenvalue weighted by atomic mass is 79.9. The largest absolute Gasteiger partial charge is 0.466 e. The number of nitrogens with zero attached hydrogens (tertiary/aromatic N) is 1. The molecule has 0 radical (unpaired) electrons. The van der Waals surface area contributed by atoms with E-state index in [2.05, 4.69) is 22.0 Å². The average molecular weight is 285 g/mol. The van der Waals surface area contributed by atoms with Crippen molar-refractivity contribution in [2.24, 2.45) is 5.73 Å². The number of ether oxygens (including phenoxy) is 2. The van der Waals surface area contributed by atoms with Crippen molar-refractivity contribution in [3.63, 3.8) is 0 Å². The summed E-state index contributed by atoms with van der Waals surface area (Å²) in [7, 11) is 1.55. The number of halogens is 1. The third-order valence-corrected chi connectivity index (χ3v) is 2.98. The van der Waals surface area contributed by atoms with E-state index in [-0.39, 0.29) is 6.79 Å². The standard InChI is InChI=1S/C11H13BrN2O2/c1-15-7-16-10-3-2-8(6-14)9(4-5-13)11(10)12/h2-3H,4,6-7,14H2,1H3. The first-order valence-electron chi connectivity index (χ1n) is 4.73. The Morgan fingerprint density at radius 1 is 1.50 bits per heavy atom. The molecule has 1 aromatic carbocycles. The average Bonchev–Trinajstić information content (AvgIpc) is 2.30. The first-order chi connectivity index (χ1) is 7.74. The molecule has 0 spiro atoms. The van der Waals surface area contributed by atoms with E-state index in [0.717, 1.165) is 15.6 Å². The van der Waals surface area contributed by atoms with Gasteiger partial charge in [0.15, 0.2) is 6.79 Å². The van der Waals surface area contributed by atoms with Crippen molar-refractivity contribution < 1.29 is 9.47 Å². The molecule has 0 saturated carbocycles. The van der Waals surface area contributed by atoms with Crippen LogP contribution in [0.5, 0.6) is 5.75 Å². The van der Waals surface area contributed by atoms with Gasteiger partial charge in [-0.1, -0.05) is 6.07 Å². The van der Waals surface area contributed by atoms with Crippen LogP contribution < -0.4 is 10.5 Å². The van der Waals surface area contributed by atoms with E-state index in [0.29, 0.717) is 18.7 Å². The molecule has 16 heavy (non-hydrogen) atoms. The van der Waals surface area contributed by atoms with Gasteiger partial charge in [0.1, 0.15) is 5.75 Å². The number of hydrogen-bond acceptors (Lipinski definition) is 4. The third kappa shape index (κ3) is 2.95. The van der Waals surface area contributed by atoms with Crippen LogP contribution in [0.25, 0.3) is 0 Å². The van der Waals surface area contributed by atoms with Gasteiger partial charge >= 0.3 is 0 Å². The van der Waals surface area contributed by atoms with Crippen molar-refractivity contribution in [3.8, 4) is 11.8 Å². The molecule has 1 aromatic rings. The molecular weight excluding hydrogens is 272 g/mol. The van der Waals surface area contributed by atoms with Crippen molar-refractivity contribution in [2.75, 3.05) is 13.9 Å². The second-order valence-electron chi connectivity index (χ2n) is 3.11. The van der Waals surface area contributed by atoms with Crippen LogP contribution in [0.3, 0.4) is 0 Å². The summed E-state index contributed by atoms with van der Waals surface area (Å²) < 4.78 is 10.9. The van der Waals surface area contributed by atoms with Crippen LogP contribution in [-0.4, -0.2) is 13.9 Å². The van der Waals surface area contributed by atoms with Gasteiger partial charge in [-0.05, 0) is 33.1 Å². The van der Waals surface area contributed by atoms with Crippen LogP contribution in [0, 0.1) is 11.3 Å². The van der Waals surface area contributed by atoms with Crippen LogP contribution in [-0.2, 0) is 17.7 Å². The Labute approximate surface area is 103 Å². The fraction of sp³-hybridized carbons (Fsp3) is 0.364. The van der Waals surface area contributed by atoms with Gasteiger partial charge in [-0.15, -0.1) is 0 Å². The van der Waals surface area contributed by atoms with E-state index < -0.39 is 0 Å². The minimum Gasteiger partial charge on any atom is -0.466 e. The van der Waals surface area contributed by atoms with E-state index in [9.17, 15) is 0 Å². The SMILES string of the molecule is COCOc1ccc(CN)c(CC#N)c1Br. The lowest BCUT2D eigenvalue weighted by Crippen LogP contribution is -2.05. The highest BCUT2D eigenvalue weighted by Crippen LogP contribution is 2.31. The molecule has 0 atom stereocenters. The van der Waals surface area contributed by atoms with Crippen molar-refractivity contribution in [3.05, 3.63) is 27.7 Å². The van der Waals surface area contributed by atoms with Crippen molar-refractivity contribution in [2.45, 2.75) is 13.0 Å². The van der Waals surface area contributed by atoms with Gasteiger partial charge in [0.05, 0.1) is 17.0 Å². The van der Waals surface area contributed by atoms with Crippen molar-refractivity contribution in [1.82, 2.24) is 0 Å². The molecule has 0 amide bonds. The van der Waals surface area contributed by atoms with Gasteiger partial charge in [0.25, 0.3) is 0 Å². The zero-order valence-corrected chi connectivity index (χ0v) is 10.6. The summed E-state index contributed by atoms with van der Waals surface area (Å²) in [5.41, 5.74) is 7.42.